The van der Waals surface area contributed by atoms with E-state index in [1.54, 1.807) is 0 Å². The van der Waals surface area contributed by atoms with E-state index in [-0.39, 0.29) is 0 Å². The van der Waals surface area contributed by atoms with Crippen LogP contribution in [0.15, 0.2) is 60.7 Å². The Morgan fingerprint density at radius 3 is 2.18 bits per heavy atom. The standard InChI is InChI=1S/C20H23NO/c1-3-7-17(8-4-1)14-21-15-19(13-20(21)11-12-20)22-16-18-9-5-2-6-10-18/h1-10,19H,11-16H2/t19-/m0/s1. The van der Waals surface area contributed by atoms with Crippen molar-refractivity contribution in [3.05, 3.63) is 71.8 Å². The molecule has 2 heteroatoms. The Kier molecular flexibility index (Phi) is 3.73. The quantitative estimate of drug-likeness (QED) is 0.826. The molecule has 2 aromatic rings. The average molecular weight is 293 g/mol. The Labute approximate surface area is 132 Å². The summed E-state index contributed by atoms with van der Waals surface area (Å²) >= 11 is 0. The molecule has 1 saturated heterocycles. The normalized spacial score (nSPS) is 23.0. The van der Waals surface area contributed by atoms with Crippen LogP contribution in [0.25, 0.3) is 0 Å². The van der Waals surface area contributed by atoms with Crippen LogP contribution in [0.2, 0.25) is 0 Å². The Morgan fingerprint density at radius 2 is 1.55 bits per heavy atom. The van der Waals surface area contributed by atoms with E-state index in [0.29, 0.717) is 11.6 Å². The molecular weight excluding hydrogens is 270 g/mol. The molecule has 0 unspecified atom stereocenters. The van der Waals surface area contributed by atoms with E-state index in [2.05, 4.69) is 65.6 Å². The van der Waals surface area contributed by atoms with Gasteiger partial charge in [-0.25, -0.2) is 0 Å². The smallest absolute Gasteiger partial charge is 0.0724 e. The first-order valence-corrected chi connectivity index (χ1v) is 8.29. The molecule has 1 aliphatic heterocycles. The van der Waals surface area contributed by atoms with E-state index in [1.165, 1.54) is 30.4 Å². The highest BCUT2D eigenvalue weighted by molar-refractivity contribution is 5.18. The number of benzene rings is 2. The minimum absolute atomic E-state index is 0.381. The van der Waals surface area contributed by atoms with Crippen LogP contribution in [0.1, 0.15) is 30.4 Å². The molecule has 1 saturated carbocycles. The van der Waals surface area contributed by atoms with Crippen LogP contribution in [-0.2, 0) is 17.9 Å². The summed E-state index contributed by atoms with van der Waals surface area (Å²) in [7, 11) is 0. The van der Waals surface area contributed by atoms with Crippen molar-refractivity contribution in [2.24, 2.45) is 0 Å². The van der Waals surface area contributed by atoms with Crippen LogP contribution in [0, 0.1) is 0 Å². The van der Waals surface area contributed by atoms with Gasteiger partial charge in [-0.15, -0.1) is 0 Å². The molecule has 1 spiro atoms. The van der Waals surface area contributed by atoms with Gasteiger partial charge in [-0.1, -0.05) is 60.7 Å². The lowest BCUT2D eigenvalue weighted by atomic mass is 10.1. The van der Waals surface area contributed by atoms with Crippen LogP contribution in [0.5, 0.6) is 0 Å². The number of nitrogens with zero attached hydrogens (tertiary/aromatic N) is 1. The predicted molar refractivity (Wildman–Crippen MR) is 88.5 cm³/mol. The maximum absolute atomic E-state index is 6.19. The lowest BCUT2D eigenvalue weighted by Gasteiger charge is -2.23. The Morgan fingerprint density at radius 1 is 0.909 bits per heavy atom. The second-order valence-electron chi connectivity index (χ2n) is 6.71. The first-order valence-electron chi connectivity index (χ1n) is 8.29. The van der Waals surface area contributed by atoms with Gasteiger partial charge < -0.3 is 4.74 Å². The molecule has 1 aliphatic carbocycles. The number of hydrogen-bond acceptors (Lipinski definition) is 2. The summed E-state index contributed by atoms with van der Waals surface area (Å²) in [5.41, 5.74) is 3.13. The third kappa shape index (κ3) is 2.94. The van der Waals surface area contributed by atoms with Gasteiger partial charge in [-0.2, -0.15) is 0 Å². The number of hydrogen-bond donors (Lipinski definition) is 0. The lowest BCUT2D eigenvalue weighted by molar-refractivity contribution is 0.0461. The topological polar surface area (TPSA) is 12.5 Å². The van der Waals surface area contributed by atoms with Crippen LogP contribution in [0.3, 0.4) is 0 Å². The number of ether oxygens (including phenoxy) is 1. The van der Waals surface area contributed by atoms with Gasteiger partial charge in [0.15, 0.2) is 0 Å². The third-order valence-corrected chi connectivity index (χ3v) is 5.07. The zero-order valence-electron chi connectivity index (χ0n) is 12.9. The van der Waals surface area contributed by atoms with Gasteiger partial charge in [-0.05, 0) is 30.4 Å². The van der Waals surface area contributed by atoms with Crippen molar-refractivity contribution < 1.29 is 4.74 Å². The molecule has 2 aromatic carbocycles. The Hall–Kier alpha value is -1.64. The van der Waals surface area contributed by atoms with Gasteiger partial charge in [0.25, 0.3) is 0 Å². The third-order valence-electron chi connectivity index (χ3n) is 5.07. The van der Waals surface area contributed by atoms with Crippen molar-refractivity contribution in [2.75, 3.05) is 6.54 Å². The summed E-state index contributed by atoms with van der Waals surface area (Å²) in [4.78, 5) is 2.65. The zero-order chi connectivity index (χ0) is 14.8. The molecule has 0 N–H and O–H groups in total. The maximum atomic E-state index is 6.19. The maximum Gasteiger partial charge on any atom is 0.0724 e. The molecular formula is C20H23NO. The molecule has 4 rings (SSSR count). The molecule has 2 fully saturated rings. The average Bonchev–Trinajstić information content (AvgIpc) is 3.26. The molecule has 2 nitrogen and oxygen atoms in total. The Balaban J connectivity index is 1.37. The lowest BCUT2D eigenvalue weighted by Crippen LogP contribution is -2.30. The highest BCUT2D eigenvalue weighted by atomic mass is 16.5. The van der Waals surface area contributed by atoms with Crippen LogP contribution < -0.4 is 0 Å². The van der Waals surface area contributed by atoms with Crippen molar-refractivity contribution in [3.8, 4) is 0 Å². The van der Waals surface area contributed by atoms with Crippen LogP contribution >= 0.6 is 0 Å². The SMILES string of the molecule is c1ccc(CO[C@@H]2CN(Cc3ccccc3)C3(CC3)C2)cc1. The molecule has 22 heavy (non-hydrogen) atoms. The van der Waals surface area contributed by atoms with Gasteiger partial charge in [0.05, 0.1) is 12.7 Å². The minimum atomic E-state index is 0.381. The van der Waals surface area contributed by atoms with E-state index in [9.17, 15) is 0 Å². The first kappa shape index (κ1) is 14.0. The second kappa shape index (κ2) is 5.86. The van der Waals surface area contributed by atoms with Crippen LogP contribution in [-0.4, -0.2) is 23.1 Å². The molecule has 1 heterocycles. The highest BCUT2D eigenvalue weighted by Crippen LogP contribution is 2.50. The van der Waals surface area contributed by atoms with E-state index in [4.69, 9.17) is 4.74 Å². The zero-order valence-corrected chi connectivity index (χ0v) is 12.9. The van der Waals surface area contributed by atoms with E-state index < -0.39 is 0 Å². The fourth-order valence-corrected chi connectivity index (χ4v) is 3.66. The van der Waals surface area contributed by atoms with Gasteiger partial charge in [0, 0.05) is 18.6 Å². The molecule has 2 aliphatic rings. The summed E-state index contributed by atoms with van der Waals surface area (Å²) in [5.74, 6) is 0. The van der Waals surface area contributed by atoms with Crippen molar-refractivity contribution in [2.45, 2.75) is 44.1 Å². The van der Waals surface area contributed by atoms with Gasteiger partial charge in [0.2, 0.25) is 0 Å². The second-order valence-corrected chi connectivity index (χ2v) is 6.71. The molecule has 0 aromatic heterocycles. The summed E-state index contributed by atoms with van der Waals surface area (Å²) in [5, 5.41) is 0. The van der Waals surface area contributed by atoms with Gasteiger partial charge in [-0.3, -0.25) is 4.90 Å². The molecule has 114 valence electrons. The number of rotatable bonds is 5. The van der Waals surface area contributed by atoms with Gasteiger partial charge >= 0.3 is 0 Å². The fourth-order valence-electron chi connectivity index (χ4n) is 3.66. The van der Waals surface area contributed by atoms with E-state index in [0.717, 1.165) is 19.7 Å². The minimum Gasteiger partial charge on any atom is -0.372 e. The van der Waals surface area contributed by atoms with Crippen molar-refractivity contribution in [3.63, 3.8) is 0 Å². The summed E-state index contributed by atoms with van der Waals surface area (Å²) in [6.45, 7) is 2.87. The fraction of sp³-hybridized carbons (Fsp3) is 0.400. The molecule has 0 amide bonds. The van der Waals surface area contributed by atoms with Gasteiger partial charge in [0.1, 0.15) is 0 Å². The summed E-state index contributed by atoms with van der Waals surface area (Å²) in [6, 6.07) is 21.3. The molecule has 0 radical (unpaired) electrons. The molecule has 1 atom stereocenters. The van der Waals surface area contributed by atoms with Crippen molar-refractivity contribution in [1.29, 1.82) is 0 Å². The summed E-state index contributed by atoms with van der Waals surface area (Å²) in [6.07, 6.45) is 4.26. The van der Waals surface area contributed by atoms with Crippen molar-refractivity contribution >= 4 is 0 Å². The van der Waals surface area contributed by atoms with E-state index >= 15 is 0 Å². The highest BCUT2D eigenvalue weighted by Gasteiger charge is 2.54. The largest absolute Gasteiger partial charge is 0.372 e. The first-order chi connectivity index (χ1) is 10.8. The van der Waals surface area contributed by atoms with Crippen LogP contribution in [0.4, 0.5) is 0 Å². The van der Waals surface area contributed by atoms with Crippen molar-refractivity contribution in [1.82, 2.24) is 4.90 Å². The Bertz CT molecular complexity index is 606. The monoisotopic (exact) mass is 293 g/mol. The predicted octanol–water partition coefficient (Wildman–Crippen LogP) is 4.01. The summed E-state index contributed by atoms with van der Waals surface area (Å²) < 4.78 is 6.19. The number of likely N-dealkylation sites (tertiary alicyclic amines) is 1. The van der Waals surface area contributed by atoms with E-state index in [1.807, 2.05) is 0 Å². The molecule has 0 bridgehead atoms.